The van der Waals surface area contributed by atoms with E-state index < -0.39 is 5.97 Å². The van der Waals surface area contributed by atoms with Crippen molar-refractivity contribution in [2.75, 3.05) is 6.61 Å². The molecule has 0 bridgehead atoms. The van der Waals surface area contributed by atoms with Gasteiger partial charge in [-0.05, 0) is 24.6 Å². The van der Waals surface area contributed by atoms with Gasteiger partial charge < -0.3 is 14.4 Å². The summed E-state index contributed by atoms with van der Waals surface area (Å²) >= 11 is 5.86. The quantitative estimate of drug-likeness (QED) is 0.914. The van der Waals surface area contributed by atoms with E-state index in [0.29, 0.717) is 17.4 Å². The van der Waals surface area contributed by atoms with Gasteiger partial charge in [-0.1, -0.05) is 23.7 Å². The van der Waals surface area contributed by atoms with Crippen LogP contribution in [0.3, 0.4) is 0 Å². The lowest BCUT2D eigenvalue weighted by molar-refractivity contribution is -0.137. The molecule has 5 heteroatoms. The molecule has 0 atom stereocenters. The summed E-state index contributed by atoms with van der Waals surface area (Å²) in [6.07, 6.45) is 3.46. The molecule has 0 saturated carbocycles. The van der Waals surface area contributed by atoms with E-state index in [1.54, 1.807) is 29.1 Å². The second-order valence-corrected chi connectivity index (χ2v) is 4.48. The van der Waals surface area contributed by atoms with Crippen molar-refractivity contribution in [3.05, 3.63) is 41.7 Å². The molecular weight excluding hydrogens is 266 g/mol. The zero-order valence-corrected chi connectivity index (χ0v) is 11.2. The number of carboxylic acid groups (broad SMARTS) is 1. The fraction of sp³-hybridized carbons (Fsp3) is 0.214. The first kappa shape index (κ1) is 13.5. The van der Waals surface area contributed by atoms with Crippen molar-refractivity contribution in [1.29, 1.82) is 0 Å². The minimum atomic E-state index is -0.888. The third kappa shape index (κ3) is 3.29. The van der Waals surface area contributed by atoms with Gasteiger partial charge >= 0.3 is 5.97 Å². The Morgan fingerprint density at radius 2 is 2.00 bits per heavy atom. The Labute approximate surface area is 116 Å². The van der Waals surface area contributed by atoms with Crippen LogP contribution >= 0.6 is 11.6 Å². The van der Waals surface area contributed by atoms with Gasteiger partial charge in [0.1, 0.15) is 12.3 Å². The maximum absolute atomic E-state index is 10.7. The molecule has 2 rings (SSSR count). The van der Waals surface area contributed by atoms with E-state index in [4.69, 9.17) is 21.4 Å². The van der Waals surface area contributed by atoms with E-state index in [9.17, 15) is 4.79 Å². The van der Waals surface area contributed by atoms with Crippen LogP contribution in [0, 0.1) is 0 Å². The minimum Gasteiger partial charge on any atom is -0.492 e. The molecule has 0 saturated heterocycles. The van der Waals surface area contributed by atoms with Crippen molar-refractivity contribution in [3.8, 4) is 16.9 Å². The summed E-state index contributed by atoms with van der Waals surface area (Å²) in [5, 5.41) is 9.48. The molecule has 100 valence electrons. The number of hydrogen-bond donors (Lipinski definition) is 1. The third-order valence-electron chi connectivity index (χ3n) is 2.62. The van der Waals surface area contributed by atoms with E-state index >= 15 is 0 Å². The lowest BCUT2D eigenvalue weighted by Gasteiger charge is -2.04. The number of aromatic nitrogens is 1. The molecule has 4 nitrogen and oxygen atoms in total. The Balaban J connectivity index is 2.39. The van der Waals surface area contributed by atoms with Crippen LogP contribution in [0.2, 0.25) is 5.02 Å². The van der Waals surface area contributed by atoms with E-state index in [1.165, 1.54) is 0 Å². The van der Waals surface area contributed by atoms with Gasteiger partial charge in [0.15, 0.2) is 0 Å². The minimum absolute atomic E-state index is 0.0896. The summed E-state index contributed by atoms with van der Waals surface area (Å²) < 4.78 is 7.13. The SMILES string of the molecule is CCOc1cn(CC(=O)O)cc1-c1ccc(Cl)cc1. The molecule has 1 N–H and O–H groups in total. The molecule has 0 fully saturated rings. The van der Waals surface area contributed by atoms with E-state index in [-0.39, 0.29) is 6.54 Å². The van der Waals surface area contributed by atoms with Gasteiger partial charge in [-0.2, -0.15) is 0 Å². The van der Waals surface area contributed by atoms with Crippen molar-refractivity contribution >= 4 is 17.6 Å². The molecule has 19 heavy (non-hydrogen) atoms. The predicted molar refractivity (Wildman–Crippen MR) is 73.7 cm³/mol. The number of aliphatic carboxylic acids is 1. The highest BCUT2D eigenvalue weighted by molar-refractivity contribution is 6.30. The fourth-order valence-electron chi connectivity index (χ4n) is 1.85. The number of nitrogens with zero attached hydrogens (tertiary/aromatic N) is 1. The third-order valence-corrected chi connectivity index (χ3v) is 2.87. The van der Waals surface area contributed by atoms with Crippen LogP contribution in [0.1, 0.15) is 6.92 Å². The van der Waals surface area contributed by atoms with Crippen LogP contribution in [-0.4, -0.2) is 22.2 Å². The molecule has 0 unspecified atom stereocenters. The Hall–Kier alpha value is -1.94. The van der Waals surface area contributed by atoms with Crippen LogP contribution in [-0.2, 0) is 11.3 Å². The van der Waals surface area contributed by atoms with Gasteiger partial charge in [0.05, 0.1) is 6.61 Å². The number of carboxylic acids is 1. The van der Waals surface area contributed by atoms with Crippen LogP contribution in [0.4, 0.5) is 0 Å². The van der Waals surface area contributed by atoms with E-state index in [1.807, 2.05) is 19.1 Å². The largest absolute Gasteiger partial charge is 0.492 e. The lowest BCUT2D eigenvalue weighted by atomic mass is 10.1. The summed E-state index contributed by atoms with van der Waals surface area (Å²) in [4.78, 5) is 10.7. The summed E-state index contributed by atoms with van der Waals surface area (Å²) in [5.41, 5.74) is 1.80. The Kier molecular flexibility index (Phi) is 4.12. The van der Waals surface area contributed by atoms with Crippen LogP contribution < -0.4 is 4.74 Å². The van der Waals surface area contributed by atoms with Gasteiger partial charge in [0, 0.05) is 23.0 Å². The van der Waals surface area contributed by atoms with Crippen molar-refractivity contribution in [3.63, 3.8) is 0 Å². The van der Waals surface area contributed by atoms with Gasteiger partial charge in [-0.15, -0.1) is 0 Å². The molecule has 0 radical (unpaired) electrons. The average Bonchev–Trinajstić information content (AvgIpc) is 2.72. The standard InChI is InChI=1S/C14H14ClNO3/c1-2-19-13-8-16(9-14(17)18)7-12(13)10-3-5-11(15)6-4-10/h3-8H,2,9H2,1H3,(H,17,18). The van der Waals surface area contributed by atoms with Crippen molar-refractivity contribution in [2.24, 2.45) is 0 Å². The number of rotatable bonds is 5. The molecular formula is C14H14ClNO3. The molecule has 0 aliphatic heterocycles. The first-order chi connectivity index (χ1) is 9.10. The second kappa shape index (κ2) is 5.80. The molecule has 0 spiro atoms. The second-order valence-electron chi connectivity index (χ2n) is 4.04. The summed E-state index contributed by atoms with van der Waals surface area (Å²) in [6, 6.07) is 7.35. The highest BCUT2D eigenvalue weighted by Crippen LogP contribution is 2.32. The fourth-order valence-corrected chi connectivity index (χ4v) is 1.98. The summed E-state index contributed by atoms with van der Waals surface area (Å²) in [6.45, 7) is 2.32. The number of benzene rings is 1. The normalized spacial score (nSPS) is 10.4. The molecule has 2 aromatic rings. The van der Waals surface area contributed by atoms with Gasteiger partial charge in [-0.3, -0.25) is 4.79 Å². The molecule has 0 amide bonds. The van der Waals surface area contributed by atoms with Crippen molar-refractivity contribution in [1.82, 2.24) is 4.57 Å². The first-order valence-corrected chi connectivity index (χ1v) is 6.28. The molecule has 1 aromatic heterocycles. The number of ether oxygens (including phenoxy) is 1. The monoisotopic (exact) mass is 279 g/mol. The number of hydrogen-bond acceptors (Lipinski definition) is 2. The Morgan fingerprint density at radius 1 is 1.32 bits per heavy atom. The maximum atomic E-state index is 10.7. The van der Waals surface area contributed by atoms with Gasteiger partial charge in [0.25, 0.3) is 0 Å². The molecule has 0 aliphatic carbocycles. The number of halogens is 1. The van der Waals surface area contributed by atoms with Crippen molar-refractivity contribution < 1.29 is 14.6 Å². The Morgan fingerprint density at radius 3 is 2.58 bits per heavy atom. The highest BCUT2D eigenvalue weighted by atomic mass is 35.5. The summed E-state index contributed by atoms with van der Waals surface area (Å²) in [5.74, 6) is -0.216. The van der Waals surface area contributed by atoms with Crippen molar-refractivity contribution in [2.45, 2.75) is 13.5 Å². The van der Waals surface area contributed by atoms with Crippen LogP contribution in [0.15, 0.2) is 36.7 Å². The highest BCUT2D eigenvalue weighted by Gasteiger charge is 2.11. The maximum Gasteiger partial charge on any atom is 0.323 e. The molecule has 1 heterocycles. The molecule has 0 aliphatic rings. The van der Waals surface area contributed by atoms with Crippen LogP contribution in [0.5, 0.6) is 5.75 Å². The van der Waals surface area contributed by atoms with Gasteiger partial charge in [-0.25, -0.2) is 0 Å². The zero-order chi connectivity index (χ0) is 13.8. The molecule has 1 aromatic carbocycles. The van der Waals surface area contributed by atoms with Gasteiger partial charge in [0.2, 0.25) is 0 Å². The average molecular weight is 280 g/mol. The topological polar surface area (TPSA) is 51.5 Å². The summed E-state index contributed by atoms with van der Waals surface area (Å²) in [7, 11) is 0. The van der Waals surface area contributed by atoms with E-state index in [0.717, 1.165) is 11.1 Å². The van der Waals surface area contributed by atoms with E-state index in [2.05, 4.69) is 0 Å². The zero-order valence-electron chi connectivity index (χ0n) is 10.5. The van der Waals surface area contributed by atoms with Crippen LogP contribution in [0.25, 0.3) is 11.1 Å². The predicted octanol–water partition coefficient (Wildman–Crippen LogP) is 3.29. The Bertz CT molecular complexity index is 575. The lowest BCUT2D eigenvalue weighted by Crippen LogP contribution is -2.06. The number of carbonyl (C=O) groups is 1. The first-order valence-electron chi connectivity index (χ1n) is 5.90. The smallest absolute Gasteiger partial charge is 0.323 e.